The quantitative estimate of drug-likeness (QED) is 0.156. The smallest absolute Gasteiger partial charge is 0.144 e. The second kappa shape index (κ2) is 13.3. The van der Waals surface area contributed by atoms with E-state index in [2.05, 4.69) is 84.9 Å². The highest BCUT2D eigenvalue weighted by Crippen LogP contribution is 2.50. The third-order valence-electron chi connectivity index (χ3n) is 11.6. The van der Waals surface area contributed by atoms with Crippen molar-refractivity contribution in [3.05, 3.63) is 182 Å². The molecule has 13 aromatic rings. The Labute approximate surface area is 351 Å². The lowest BCUT2D eigenvalue weighted by Crippen LogP contribution is -1.93. The van der Waals surface area contributed by atoms with E-state index in [1.807, 2.05) is 97.1 Å². The number of ether oxygens (including phenoxy) is 2. The fourth-order valence-corrected chi connectivity index (χ4v) is 10.1. The topological polar surface area (TPSA) is 70.5 Å². The van der Waals surface area contributed by atoms with Gasteiger partial charge in [0.15, 0.2) is 0 Å². The zero-order chi connectivity index (χ0) is 40.0. The first kappa shape index (κ1) is 33.9. The number of rotatable bonds is 6. The second-order valence-electron chi connectivity index (χ2n) is 15.2. The van der Waals surface area contributed by atoms with Crippen molar-refractivity contribution in [3.8, 4) is 43.9 Å². The summed E-state index contributed by atoms with van der Waals surface area (Å²) in [5.74, 6) is 2.93. The molecule has 0 aliphatic rings. The minimum absolute atomic E-state index is 0.708. The van der Waals surface area contributed by atoms with E-state index < -0.39 is 0 Å². The molecule has 0 saturated heterocycles. The van der Waals surface area contributed by atoms with E-state index >= 15 is 0 Å². The first-order valence-electron chi connectivity index (χ1n) is 20.1. The molecular weight excluding hydrogens is 773 g/mol. The molecule has 0 aliphatic carbocycles. The predicted molar refractivity (Wildman–Crippen MR) is 248 cm³/mol. The summed E-state index contributed by atoms with van der Waals surface area (Å²) in [6, 6.07) is 61.2. The van der Waals surface area contributed by atoms with Gasteiger partial charge >= 0.3 is 0 Å². The van der Waals surface area contributed by atoms with Crippen LogP contribution >= 0.6 is 11.3 Å². The van der Waals surface area contributed by atoms with Gasteiger partial charge in [0.1, 0.15) is 56.4 Å². The summed E-state index contributed by atoms with van der Waals surface area (Å²) in [7, 11) is 0. The van der Waals surface area contributed by atoms with Crippen LogP contribution in [0.15, 0.2) is 191 Å². The molecule has 0 bridgehead atoms. The van der Waals surface area contributed by atoms with Crippen LogP contribution in [0.1, 0.15) is 0 Å². The maximum Gasteiger partial charge on any atom is 0.144 e. The van der Waals surface area contributed by atoms with Crippen LogP contribution in [0.25, 0.3) is 108 Å². The SMILES string of the molecule is c1ccc(Oc2ccc3c4ccc(Oc5ccccc5)cc4c4nc5c(-c6cccc7c6oc6ccccc67)sc(-c6cccc7c6oc6ccccc67)c5nc4c3c2)cc1. The van der Waals surface area contributed by atoms with Gasteiger partial charge in [-0.25, -0.2) is 9.97 Å². The van der Waals surface area contributed by atoms with Crippen LogP contribution in [0.5, 0.6) is 23.0 Å². The fourth-order valence-electron chi connectivity index (χ4n) is 8.83. The minimum atomic E-state index is 0.708. The molecule has 286 valence electrons. The zero-order valence-corrected chi connectivity index (χ0v) is 33.1. The third-order valence-corrected chi connectivity index (χ3v) is 12.8. The van der Waals surface area contributed by atoms with E-state index in [1.165, 1.54) is 0 Å². The number of fused-ring (bicyclic) bond motifs is 13. The third kappa shape index (κ3) is 5.34. The lowest BCUT2D eigenvalue weighted by atomic mass is 9.98. The molecule has 0 fully saturated rings. The molecule has 0 amide bonds. The number of para-hydroxylation sites is 6. The van der Waals surface area contributed by atoms with Gasteiger partial charge < -0.3 is 18.3 Å². The van der Waals surface area contributed by atoms with Crippen molar-refractivity contribution in [3.63, 3.8) is 0 Å². The molecule has 0 unspecified atom stereocenters. The molecule has 6 nitrogen and oxygen atoms in total. The van der Waals surface area contributed by atoms with Gasteiger partial charge in [-0.15, -0.1) is 11.3 Å². The Morgan fingerprint density at radius 2 is 0.754 bits per heavy atom. The minimum Gasteiger partial charge on any atom is -0.457 e. The van der Waals surface area contributed by atoms with Crippen LogP contribution in [-0.2, 0) is 0 Å². The largest absolute Gasteiger partial charge is 0.457 e. The Kier molecular flexibility index (Phi) is 7.37. The molecule has 0 spiro atoms. The normalized spacial score (nSPS) is 11.9. The van der Waals surface area contributed by atoms with Crippen LogP contribution in [0.4, 0.5) is 0 Å². The average Bonchev–Trinajstić information content (AvgIpc) is 4.01. The standard InChI is InChI=1S/C54H30N2O4S/c1-3-13-31(14-4-1)57-33-25-27-35-36-28-26-34(58-32-15-5-2-6-16-32)30-44(36)48-47(43(35)29-33)55-49-50(56-48)54(42-22-12-20-40-38-18-8-10-24-46(38)60-52(40)42)61-53(49)41-21-11-19-39-37-17-7-9-23-45(37)59-51(39)41/h1-30H. The Morgan fingerprint density at radius 1 is 0.328 bits per heavy atom. The lowest BCUT2D eigenvalue weighted by Gasteiger charge is -2.14. The van der Waals surface area contributed by atoms with E-state index in [9.17, 15) is 0 Å². The Balaban J connectivity index is 1.15. The van der Waals surface area contributed by atoms with E-state index in [0.717, 1.165) is 120 Å². The zero-order valence-electron chi connectivity index (χ0n) is 32.3. The van der Waals surface area contributed by atoms with Gasteiger partial charge in [0.25, 0.3) is 0 Å². The monoisotopic (exact) mass is 802 g/mol. The molecular formula is C54H30N2O4S. The summed E-state index contributed by atoms with van der Waals surface area (Å²) in [5, 5.41) is 8.17. The van der Waals surface area contributed by atoms with Gasteiger partial charge in [-0.3, -0.25) is 0 Å². The Hall–Kier alpha value is -8.00. The number of nitrogens with zero attached hydrogens (tertiary/aromatic N) is 2. The van der Waals surface area contributed by atoms with Crippen LogP contribution in [0, 0.1) is 0 Å². The molecule has 0 saturated carbocycles. The van der Waals surface area contributed by atoms with E-state index in [1.54, 1.807) is 11.3 Å². The number of hydrogen-bond donors (Lipinski definition) is 0. The summed E-state index contributed by atoms with van der Waals surface area (Å²) in [5.41, 5.74) is 8.29. The van der Waals surface area contributed by atoms with E-state index in [4.69, 9.17) is 28.3 Å². The lowest BCUT2D eigenvalue weighted by molar-refractivity contribution is 0.483. The van der Waals surface area contributed by atoms with Gasteiger partial charge in [-0.1, -0.05) is 97.1 Å². The molecule has 9 aromatic carbocycles. The van der Waals surface area contributed by atoms with Crippen LogP contribution in [0.3, 0.4) is 0 Å². The molecule has 4 heterocycles. The van der Waals surface area contributed by atoms with Gasteiger partial charge in [0.05, 0.1) is 20.8 Å². The number of benzene rings is 9. The highest BCUT2D eigenvalue weighted by atomic mass is 32.1. The summed E-state index contributed by atoms with van der Waals surface area (Å²) < 4.78 is 26.2. The maximum absolute atomic E-state index is 6.67. The predicted octanol–water partition coefficient (Wildman–Crippen LogP) is 15.9. The van der Waals surface area contributed by atoms with Crippen molar-refractivity contribution >= 4 is 98.8 Å². The summed E-state index contributed by atoms with van der Waals surface area (Å²) in [6.45, 7) is 0. The van der Waals surface area contributed by atoms with Crippen molar-refractivity contribution in [2.75, 3.05) is 0 Å². The number of furan rings is 2. The number of hydrogen-bond acceptors (Lipinski definition) is 7. The number of thiophene rings is 1. The van der Waals surface area contributed by atoms with Gasteiger partial charge in [0.2, 0.25) is 0 Å². The molecule has 0 radical (unpaired) electrons. The first-order chi connectivity index (χ1) is 30.2. The molecule has 13 rings (SSSR count). The van der Waals surface area contributed by atoms with Crippen LogP contribution in [-0.4, -0.2) is 9.97 Å². The van der Waals surface area contributed by atoms with Crippen molar-refractivity contribution in [1.29, 1.82) is 0 Å². The fraction of sp³-hybridized carbons (Fsp3) is 0. The highest BCUT2D eigenvalue weighted by Gasteiger charge is 2.25. The van der Waals surface area contributed by atoms with E-state index in [-0.39, 0.29) is 0 Å². The number of aromatic nitrogens is 2. The van der Waals surface area contributed by atoms with Gasteiger partial charge in [-0.2, -0.15) is 0 Å². The highest BCUT2D eigenvalue weighted by molar-refractivity contribution is 7.21. The Bertz CT molecular complexity index is 3640. The van der Waals surface area contributed by atoms with Crippen molar-refractivity contribution in [2.24, 2.45) is 0 Å². The summed E-state index contributed by atoms with van der Waals surface area (Å²) >= 11 is 1.67. The molecule has 7 heteroatoms. The van der Waals surface area contributed by atoms with Gasteiger partial charge in [-0.05, 0) is 95.7 Å². The maximum atomic E-state index is 6.67. The van der Waals surface area contributed by atoms with Crippen molar-refractivity contribution < 1.29 is 18.3 Å². The van der Waals surface area contributed by atoms with Crippen LogP contribution in [0.2, 0.25) is 0 Å². The molecule has 0 N–H and O–H groups in total. The Morgan fingerprint density at radius 3 is 1.23 bits per heavy atom. The second-order valence-corrected chi connectivity index (χ2v) is 16.2. The van der Waals surface area contributed by atoms with Gasteiger partial charge in [0, 0.05) is 43.4 Å². The summed E-state index contributed by atoms with van der Waals surface area (Å²) in [4.78, 5) is 13.3. The first-order valence-corrected chi connectivity index (χ1v) is 20.9. The van der Waals surface area contributed by atoms with Crippen molar-refractivity contribution in [2.45, 2.75) is 0 Å². The molecule has 0 aliphatic heterocycles. The molecule has 61 heavy (non-hydrogen) atoms. The molecule has 4 aromatic heterocycles. The molecule has 0 atom stereocenters. The van der Waals surface area contributed by atoms with Crippen LogP contribution < -0.4 is 9.47 Å². The summed E-state index contributed by atoms with van der Waals surface area (Å²) in [6.07, 6.45) is 0. The van der Waals surface area contributed by atoms with E-state index in [0.29, 0.717) is 11.5 Å². The van der Waals surface area contributed by atoms with Crippen molar-refractivity contribution in [1.82, 2.24) is 9.97 Å². The average molecular weight is 803 g/mol.